The summed E-state index contributed by atoms with van der Waals surface area (Å²) in [7, 11) is -5.92. The molecule has 3 heterocycles. The normalized spacial score (nSPS) is 29.5. The Morgan fingerprint density at radius 3 is 2.65 bits per heavy atom. The minimum absolute atomic E-state index is 0.0588. The monoisotopic (exact) mass is 547 g/mol. The second-order valence-corrected chi connectivity index (χ2v) is 12.1. The maximum absolute atomic E-state index is 13.2. The van der Waals surface area contributed by atoms with Crippen LogP contribution < -0.4 is 8.92 Å². The van der Waals surface area contributed by atoms with Gasteiger partial charge >= 0.3 is 15.6 Å². The quantitative estimate of drug-likeness (QED) is 0.348. The highest BCUT2D eigenvalue weighted by Crippen LogP contribution is 2.50. The van der Waals surface area contributed by atoms with Gasteiger partial charge in [-0.3, -0.25) is 4.90 Å². The fourth-order valence-corrected chi connectivity index (χ4v) is 6.44. The van der Waals surface area contributed by atoms with E-state index in [1.165, 1.54) is 6.07 Å². The zero-order valence-corrected chi connectivity index (χ0v) is 21.7. The van der Waals surface area contributed by atoms with Crippen molar-refractivity contribution < 1.29 is 45.1 Å². The van der Waals surface area contributed by atoms with Crippen LogP contribution in [-0.2, 0) is 32.4 Å². The molecule has 5 rings (SSSR count). The predicted molar refractivity (Wildman–Crippen MR) is 127 cm³/mol. The highest BCUT2D eigenvalue weighted by atomic mass is 32.2. The van der Waals surface area contributed by atoms with Gasteiger partial charge in [-0.25, -0.2) is 0 Å². The number of allylic oxidation sites excluding steroid dienone is 1. The van der Waals surface area contributed by atoms with Crippen LogP contribution in [-0.4, -0.2) is 73.8 Å². The van der Waals surface area contributed by atoms with Crippen LogP contribution >= 0.6 is 0 Å². The Morgan fingerprint density at radius 1 is 1.24 bits per heavy atom. The van der Waals surface area contributed by atoms with Crippen LogP contribution in [0.5, 0.6) is 11.5 Å². The SMILES string of the molecule is CC(C)=CCN1CCCc2c3ccc(OS(=O)(=O)C(F)(F)F)c2OC2CC(O)(CCC24OCCO4)C1C3. The maximum Gasteiger partial charge on any atom is 0.534 e. The lowest BCUT2D eigenvalue weighted by molar-refractivity contribution is -0.258. The van der Waals surface area contributed by atoms with Gasteiger partial charge in [-0.15, -0.1) is 0 Å². The molecule has 0 amide bonds. The smallest absolute Gasteiger partial charge is 0.480 e. The number of nitrogens with zero attached hydrogens (tertiary/aromatic N) is 1. The molecule has 1 saturated carbocycles. The Kier molecular flexibility index (Phi) is 6.80. The Hall–Kier alpha value is -1.86. The van der Waals surface area contributed by atoms with Crippen molar-refractivity contribution in [1.82, 2.24) is 4.90 Å². The van der Waals surface area contributed by atoms with Gasteiger partial charge in [0, 0.05) is 31.0 Å². The molecule has 1 saturated heterocycles. The number of hydrogen-bond acceptors (Lipinski definition) is 8. The van der Waals surface area contributed by atoms with Crippen LogP contribution in [0.25, 0.3) is 0 Å². The summed E-state index contributed by atoms with van der Waals surface area (Å²) in [6.07, 6.45) is 3.53. The number of benzene rings is 1. The van der Waals surface area contributed by atoms with E-state index in [9.17, 15) is 26.7 Å². The number of fused-ring (bicyclic) bond motifs is 5. The van der Waals surface area contributed by atoms with E-state index in [1.54, 1.807) is 6.07 Å². The molecule has 6 bridgehead atoms. The molecule has 0 radical (unpaired) electrons. The molecule has 2 fully saturated rings. The van der Waals surface area contributed by atoms with Crippen molar-refractivity contribution in [3.63, 3.8) is 0 Å². The van der Waals surface area contributed by atoms with Crippen molar-refractivity contribution >= 4 is 10.1 Å². The van der Waals surface area contributed by atoms with Gasteiger partial charge in [0.1, 0.15) is 0 Å². The van der Waals surface area contributed by atoms with Crippen molar-refractivity contribution in [3.8, 4) is 11.5 Å². The molecule has 1 spiro atoms. The lowest BCUT2D eigenvalue weighted by Gasteiger charge is -2.50. The van der Waals surface area contributed by atoms with Crippen molar-refractivity contribution in [2.75, 3.05) is 26.3 Å². The van der Waals surface area contributed by atoms with Crippen molar-refractivity contribution in [3.05, 3.63) is 34.9 Å². The lowest BCUT2D eigenvalue weighted by Crippen LogP contribution is -2.63. The summed E-state index contributed by atoms with van der Waals surface area (Å²) < 4.78 is 86.3. The summed E-state index contributed by atoms with van der Waals surface area (Å²) in [5.74, 6) is -1.77. The zero-order chi connectivity index (χ0) is 26.6. The molecule has 1 aliphatic carbocycles. The Balaban J connectivity index is 1.64. The first kappa shape index (κ1) is 26.7. The van der Waals surface area contributed by atoms with E-state index in [2.05, 4.69) is 15.2 Å². The third-order valence-electron chi connectivity index (χ3n) is 7.86. The predicted octanol–water partition coefficient (Wildman–Crippen LogP) is 3.46. The lowest BCUT2D eigenvalue weighted by atomic mass is 9.72. The summed E-state index contributed by atoms with van der Waals surface area (Å²) in [6.45, 7) is 5.95. The van der Waals surface area contributed by atoms with Crippen LogP contribution in [0.3, 0.4) is 0 Å². The number of rotatable bonds is 4. The fourth-order valence-electron chi connectivity index (χ4n) is 5.98. The van der Waals surface area contributed by atoms with E-state index in [-0.39, 0.29) is 18.2 Å². The summed E-state index contributed by atoms with van der Waals surface area (Å²) in [5.41, 5.74) is -4.26. The molecule has 1 N–H and O–H groups in total. The van der Waals surface area contributed by atoms with E-state index >= 15 is 0 Å². The van der Waals surface area contributed by atoms with Crippen LogP contribution in [0.4, 0.5) is 13.2 Å². The van der Waals surface area contributed by atoms with Gasteiger partial charge in [-0.05, 0) is 57.7 Å². The number of halogens is 3. The molecule has 4 aliphatic rings. The zero-order valence-electron chi connectivity index (χ0n) is 20.8. The van der Waals surface area contributed by atoms with Gasteiger partial charge in [0.05, 0.1) is 18.8 Å². The fraction of sp³-hybridized carbons (Fsp3) is 0.680. The molecular formula is C25H32F3NO7S. The first-order valence-electron chi connectivity index (χ1n) is 12.5. The second kappa shape index (κ2) is 9.41. The molecule has 206 valence electrons. The first-order chi connectivity index (χ1) is 17.3. The van der Waals surface area contributed by atoms with Crippen molar-refractivity contribution in [2.45, 2.75) is 81.4 Å². The summed E-state index contributed by atoms with van der Waals surface area (Å²) in [6, 6.07) is 2.49. The molecule has 3 aliphatic heterocycles. The summed E-state index contributed by atoms with van der Waals surface area (Å²) in [5, 5.41) is 12.1. The number of hydrogen-bond donors (Lipinski definition) is 1. The van der Waals surface area contributed by atoms with Crippen LogP contribution in [0.15, 0.2) is 23.8 Å². The second-order valence-electron chi connectivity index (χ2n) is 10.5. The average Bonchev–Trinajstić information content (AvgIpc) is 3.26. The minimum Gasteiger partial charge on any atom is -0.480 e. The average molecular weight is 548 g/mol. The van der Waals surface area contributed by atoms with Crippen LogP contribution in [0.1, 0.15) is 50.7 Å². The van der Waals surface area contributed by atoms with Gasteiger partial charge in [-0.2, -0.15) is 21.6 Å². The Labute approximate surface area is 214 Å². The minimum atomic E-state index is -5.92. The van der Waals surface area contributed by atoms with Gasteiger partial charge in [0.2, 0.25) is 5.79 Å². The molecule has 8 nitrogen and oxygen atoms in total. The molecule has 0 aromatic heterocycles. The Bertz CT molecular complexity index is 1180. The van der Waals surface area contributed by atoms with Gasteiger partial charge in [-0.1, -0.05) is 17.7 Å². The van der Waals surface area contributed by atoms with Gasteiger partial charge in [0.15, 0.2) is 17.6 Å². The van der Waals surface area contributed by atoms with Crippen LogP contribution in [0, 0.1) is 0 Å². The highest BCUT2D eigenvalue weighted by molar-refractivity contribution is 7.88. The highest BCUT2D eigenvalue weighted by Gasteiger charge is 2.58. The molecule has 37 heavy (non-hydrogen) atoms. The summed E-state index contributed by atoms with van der Waals surface area (Å²) in [4.78, 5) is 2.25. The van der Waals surface area contributed by atoms with Crippen molar-refractivity contribution in [1.29, 1.82) is 0 Å². The molecule has 12 heteroatoms. The Morgan fingerprint density at radius 2 is 1.97 bits per heavy atom. The molecule has 3 atom stereocenters. The largest absolute Gasteiger partial charge is 0.534 e. The van der Waals surface area contributed by atoms with E-state index in [0.29, 0.717) is 64.0 Å². The van der Waals surface area contributed by atoms with Gasteiger partial charge in [0.25, 0.3) is 0 Å². The third-order valence-corrected chi connectivity index (χ3v) is 8.82. The maximum atomic E-state index is 13.2. The number of ether oxygens (including phenoxy) is 3. The van der Waals surface area contributed by atoms with E-state index in [4.69, 9.17) is 14.2 Å². The molecule has 1 aromatic carbocycles. The van der Waals surface area contributed by atoms with E-state index in [0.717, 1.165) is 11.1 Å². The topological polar surface area (TPSA) is 94.5 Å². The molecule has 3 unspecified atom stereocenters. The third kappa shape index (κ3) is 4.87. The number of aliphatic hydroxyl groups is 1. The van der Waals surface area contributed by atoms with E-state index < -0.39 is 38.9 Å². The molecule has 1 aromatic rings. The standard InChI is InChI=1S/C25H32F3NO7S/c1-16(2)7-11-29-10-3-4-18-17-5-6-19(36-37(31,32)25(26,27)28)22(18)35-21-15-23(30,20(29)14-17)8-9-24(21)33-12-13-34-24/h5-7,20-21,30H,3-4,8-15H2,1-2H3. The number of alkyl halides is 3. The summed E-state index contributed by atoms with van der Waals surface area (Å²) >= 11 is 0. The molecular weight excluding hydrogens is 515 g/mol. The van der Waals surface area contributed by atoms with Crippen molar-refractivity contribution in [2.24, 2.45) is 0 Å². The van der Waals surface area contributed by atoms with Gasteiger partial charge < -0.3 is 23.5 Å². The van der Waals surface area contributed by atoms with Crippen LogP contribution in [0.2, 0.25) is 0 Å². The first-order valence-corrected chi connectivity index (χ1v) is 13.9. The van der Waals surface area contributed by atoms with E-state index in [1.807, 2.05) is 13.8 Å².